The van der Waals surface area contributed by atoms with Crippen LogP contribution >= 0.6 is 35.1 Å². The Hall–Kier alpha value is -2.81. The lowest BCUT2D eigenvalue weighted by Gasteiger charge is -2.28. The molecule has 1 amide bonds. The summed E-state index contributed by atoms with van der Waals surface area (Å²) in [7, 11) is 0. The zero-order chi connectivity index (χ0) is 21.9. The van der Waals surface area contributed by atoms with E-state index in [-0.39, 0.29) is 11.7 Å². The smallest absolute Gasteiger partial charge is 0.237 e. The predicted molar refractivity (Wildman–Crippen MR) is 130 cm³/mol. The van der Waals surface area contributed by atoms with Crippen molar-refractivity contribution in [3.63, 3.8) is 0 Å². The summed E-state index contributed by atoms with van der Waals surface area (Å²) in [6.45, 7) is 0.702. The fourth-order valence-corrected chi connectivity index (χ4v) is 5.46. The Balaban J connectivity index is 1.44. The standard InChI is InChI=1S/C23H18ClN5OS2/c24-17-5-7-18(8-6-17)29-22(16-9-11-25-12-10-16)26-27-23(29)32-15-21(30)28-13-14-31-20-4-2-1-3-19(20)28/h1-12H,13-15H2. The lowest BCUT2D eigenvalue weighted by Crippen LogP contribution is -2.36. The number of halogens is 1. The van der Waals surface area contributed by atoms with Crippen LogP contribution in [0.1, 0.15) is 0 Å². The summed E-state index contributed by atoms with van der Waals surface area (Å²) in [5, 5.41) is 10.1. The van der Waals surface area contributed by atoms with Gasteiger partial charge in [-0.05, 0) is 48.5 Å². The van der Waals surface area contributed by atoms with Gasteiger partial charge >= 0.3 is 0 Å². The number of nitrogens with zero attached hydrogens (tertiary/aromatic N) is 5. The highest BCUT2D eigenvalue weighted by Gasteiger charge is 2.24. The van der Waals surface area contributed by atoms with Gasteiger partial charge in [0.1, 0.15) is 0 Å². The number of hydrogen-bond acceptors (Lipinski definition) is 6. The molecule has 0 fully saturated rings. The van der Waals surface area contributed by atoms with Crippen molar-refractivity contribution in [2.24, 2.45) is 0 Å². The number of pyridine rings is 1. The largest absolute Gasteiger partial charge is 0.310 e. The van der Waals surface area contributed by atoms with Gasteiger partial charge < -0.3 is 4.90 Å². The highest BCUT2D eigenvalue weighted by molar-refractivity contribution is 8.00. The van der Waals surface area contributed by atoms with Crippen molar-refractivity contribution < 1.29 is 4.79 Å². The lowest BCUT2D eigenvalue weighted by atomic mass is 10.2. The molecule has 9 heteroatoms. The molecule has 0 spiro atoms. The van der Waals surface area contributed by atoms with E-state index in [0.29, 0.717) is 22.5 Å². The molecule has 160 valence electrons. The molecule has 3 heterocycles. The summed E-state index contributed by atoms with van der Waals surface area (Å²) in [4.78, 5) is 20.2. The number of benzene rings is 2. The average Bonchev–Trinajstić information content (AvgIpc) is 3.27. The molecular formula is C23H18ClN5OS2. The Labute approximate surface area is 199 Å². The van der Waals surface area contributed by atoms with E-state index in [9.17, 15) is 4.79 Å². The molecule has 6 nitrogen and oxygen atoms in total. The molecule has 32 heavy (non-hydrogen) atoms. The van der Waals surface area contributed by atoms with E-state index in [1.165, 1.54) is 11.8 Å². The third-order valence-corrected chi connectivity index (χ3v) is 7.22. The molecule has 4 aromatic rings. The minimum atomic E-state index is 0.0545. The fraction of sp³-hybridized carbons (Fsp3) is 0.130. The maximum absolute atomic E-state index is 13.1. The van der Waals surface area contributed by atoms with Crippen LogP contribution in [0.5, 0.6) is 0 Å². The lowest BCUT2D eigenvalue weighted by molar-refractivity contribution is -0.116. The number of para-hydroxylation sites is 1. The van der Waals surface area contributed by atoms with Gasteiger partial charge in [-0.2, -0.15) is 0 Å². The predicted octanol–water partition coefficient (Wildman–Crippen LogP) is 5.21. The Morgan fingerprint density at radius 3 is 2.62 bits per heavy atom. The van der Waals surface area contributed by atoms with Crippen molar-refractivity contribution in [1.82, 2.24) is 19.7 Å². The second-order valence-electron chi connectivity index (χ2n) is 7.00. The molecule has 2 aromatic carbocycles. The molecule has 5 rings (SSSR count). The number of hydrogen-bond donors (Lipinski definition) is 0. The van der Waals surface area contributed by atoms with Crippen LogP contribution in [0.2, 0.25) is 5.02 Å². The molecule has 1 aliphatic heterocycles. The number of amides is 1. The first-order valence-electron chi connectivity index (χ1n) is 9.97. The van der Waals surface area contributed by atoms with E-state index in [0.717, 1.165) is 27.6 Å². The first-order chi connectivity index (χ1) is 15.7. The molecular weight excluding hydrogens is 462 g/mol. The molecule has 0 radical (unpaired) electrons. The summed E-state index contributed by atoms with van der Waals surface area (Å²) in [6.07, 6.45) is 3.44. The minimum Gasteiger partial charge on any atom is -0.310 e. The summed E-state index contributed by atoms with van der Waals surface area (Å²) >= 11 is 9.26. The van der Waals surface area contributed by atoms with Gasteiger partial charge in [0.25, 0.3) is 0 Å². The number of thioether (sulfide) groups is 2. The van der Waals surface area contributed by atoms with E-state index in [2.05, 4.69) is 21.2 Å². The van der Waals surface area contributed by atoms with Crippen LogP contribution in [0, 0.1) is 0 Å². The van der Waals surface area contributed by atoms with Crippen LogP contribution < -0.4 is 4.90 Å². The molecule has 0 atom stereocenters. The third-order valence-electron chi connectivity index (χ3n) is 5.01. The van der Waals surface area contributed by atoms with E-state index in [1.807, 2.05) is 64.1 Å². The highest BCUT2D eigenvalue weighted by atomic mass is 35.5. The second-order valence-corrected chi connectivity index (χ2v) is 9.52. The third kappa shape index (κ3) is 4.26. The van der Waals surface area contributed by atoms with Gasteiger partial charge in [-0.25, -0.2) is 0 Å². The van der Waals surface area contributed by atoms with Gasteiger partial charge in [0.05, 0.1) is 11.4 Å². The number of carbonyl (C=O) groups excluding carboxylic acids is 1. The van der Waals surface area contributed by atoms with Gasteiger partial charge in [0, 0.05) is 45.9 Å². The quantitative estimate of drug-likeness (QED) is 0.366. The van der Waals surface area contributed by atoms with Gasteiger partial charge in [-0.1, -0.05) is 35.5 Å². The number of anilines is 1. The molecule has 0 saturated heterocycles. The van der Waals surface area contributed by atoms with Crippen molar-refractivity contribution in [2.45, 2.75) is 10.1 Å². The topological polar surface area (TPSA) is 63.9 Å². The second kappa shape index (κ2) is 9.36. The monoisotopic (exact) mass is 479 g/mol. The Kier molecular flexibility index (Phi) is 6.16. The van der Waals surface area contributed by atoms with Crippen molar-refractivity contribution in [1.29, 1.82) is 0 Å². The Morgan fingerprint density at radius 1 is 1.03 bits per heavy atom. The van der Waals surface area contributed by atoms with E-state index in [1.54, 1.807) is 24.2 Å². The molecule has 0 aliphatic carbocycles. The number of aromatic nitrogens is 4. The zero-order valence-electron chi connectivity index (χ0n) is 16.9. The normalized spacial score (nSPS) is 13.1. The number of carbonyl (C=O) groups is 1. The highest BCUT2D eigenvalue weighted by Crippen LogP contribution is 2.35. The molecule has 0 bridgehead atoms. The van der Waals surface area contributed by atoms with Gasteiger partial charge in [0.15, 0.2) is 11.0 Å². The molecule has 1 aliphatic rings. The summed E-state index contributed by atoms with van der Waals surface area (Å²) in [6, 6.07) is 19.3. The van der Waals surface area contributed by atoms with Crippen LogP contribution in [0.25, 0.3) is 17.1 Å². The van der Waals surface area contributed by atoms with Crippen LogP contribution in [-0.2, 0) is 4.79 Å². The minimum absolute atomic E-state index is 0.0545. The van der Waals surface area contributed by atoms with Crippen molar-refractivity contribution in [3.8, 4) is 17.1 Å². The van der Waals surface area contributed by atoms with Gasteiger partial charge in [-0.15, -0.1) is 22.0 Å². The number of fused-ring (bicyclic) bond motifs is 1. The van der Waals surface area contributed by atoms with Crippen molar-refractivity contribution >= 4 is 46.7 Å². The molecule has 2 aromatic heterocycles. The maximum Gasteiger partial charge on any atom is 0.237 e. The van der Waals surface area contributed by atoms with Crippen LogP contribution in [0.3, 0.4) is 0 Å². The fourth-order valence-electron chi connectivity index (χ4n) is 3.51. The number of rotatable bonds is 5. The van der Waals surface area contributed by atoms with Crippen LogP contribution in [-0.4, -0.2) is 43.7 Å². The van der Waals surface area contributed by atoms with Crippen LogP contribution in [0.4, 0.5) is 5.69 Å². The SMILES string of the molecule is O=C(CSc1nnc(-c2ccncc2)n1-c1ccc(Cl)cc1)N1CCSc2ccccc21. The molecule has 0 unspecified atom stereocenters. The summed E-state index contributed by atoms with van der Waals surface area (Å²) < 4.78 is 1.95. The first kappa shape index (κ1) is 21.1. The van der Waals surface area contributed by atoms with E-state index in [4.69, 9.17) is 11.6 Å². The maximum atomic E-state index is 13.1. The van der Waals surface area contributed by atoms with Crippen LogP contribution in [0.15, 0.2) is 83.1 Å². The van der Waals surface area contributed by atoms with Gasteiger partial charge in [0.2, 0.25) is 5.91 Å². The Morgan fingerprint density at radius 2 is 1.81 bits per heavy atom. The van der Waals surface area contributed by atoms with E-state index >= 15 is 0 Å². The zero-order valence-corrected chi connectivity index (χ0v) is 19.3. The van der Waals surface area contributed by atoms with Gasteiger partial charge in [-0.3, -0.25) is 14.3 Å². The summed E-state index contributed by atoms with van der Waals surface area (Å²) in [5.41, 5.74) is 2.74. The summed E-state index contributed by atoms with van der Waals surface area (Å²) in [5.74, 6) is 1.89. The first-order valence-corrected chi connectivity index (χ1v) is 12.3. The molecule has 0 saturated carbocycles. The van der Waals surface area contributed by atoms with Crippen molar-refractivity contribution in [2.75, 3.05) is 23.0 Å². The Bertz CT molecular complexity index is 1250. The molecule has 0 N–H and O–H groups in total. The van der Waals surface area contributed by atoms with Crippen molar-refractivity contribution in [3.05, 3.63) is 78.1 Å². The average molecular weight is 480 g/mol. The van der Waals surface area contributed by atoms with E-state index < -0.39 is 0 Å².